The minimum absolute atomic E-state index is 0.135. The fourth-order valence-corrected chi connectivity index (χ4v) is 2.16. The molecule has 0 aromatic heterocycles. The van der Waals surface area contributed by atoms with Crippen LogP contribution in [-0.4, -0.2) is 46.5 Å². The number of urea groups is 1. The fraction of sp³-hybridized carbons (Fsp3) is 0.833. The summed E-state index contributed by atoms with van der Waals surface area (Å²) in [5.41, 5.74) is 5.50. The smallest absolute Gasteiger partial charge is 0.320 e. The number of hydrogen-bond donors (Lipinski definition) is 1. The number of carbonyl (C=O) groups excluding carboxylic acids is 1. The number of carbonyl (C=O) groups is 1. The summed E-state index contributed by atoms with van der Waals surface area (Å²) in [6.07, 6.45) is 4.07. The highest BCUT2D eigenvalue weighted by molar-refractivity contribution is 7.80. The number of hydrogen-bond acceptors (Lipinski definition) is 2. The van der Waals surface area contributed by atoms with Crippen molar-refractivity contribution in [2.24, 2.45) is 5.73 Å². The van der Waals surface area contributed by atoms with Gasteiger partial charge in [0, 0.05) is 32.1 Å². The Bertz CT molecular complexity index is 275. The molecule has 1 aliphatic heterocycles. The molecule has 0 saturated carbocycles. The van der Waals surface area contributed by atoms with Crippen LogP contribution in [0.5, 0.6) is 0 Å². The second kappa shape index (κ2) is 6.79. The van der Waals surface area contributed by atoms with Crippen LogP contribution in [0.4, 0.5) is 4.79 Å². The van der Waals surface area contributed by atoms with E-state index in [-0.39, 0.29) is 12.1 Å². The highest BCUT2D eigenvalue weighted by Crippen LogP contribution is 2.13. The molecule has 0 unspecified atom stereocenters. The summed E-state index contributed by atoms with van der Waals surface area (Å²) in [5, 5.41) is 0. The Morgan fingerprint density at radius 1 is 1.35 bits per heavy atom. The number of piperidine rings is 1. The predicted molar refractivity (Wildman–Crippen MR) is 74.1 cm³/mol. The number of rotatable bonds is 4. The third-order valence-corrected chi connectivity index (χ3v) is 3.30. The number of nitrogens with zero attached hydrogens (tertiary/aromatic N) is 2. The summed E-state index contributed by atoms with van der Waals surface area (Å²) < 4.78 is 0. The van der Waals surface area contributed by atoms with Crippen molar-refractivity contribution >= 4 is 23.2 Å². The second-order valence-electron chi connectivity index (χ2n) is 4.83. The van der Waals surface area contributed by atoms with Crippen LogP contribution in [0.1, 0.15) is 39.5 Å². The van der Waals surface area contributed by atoms with Crippen LogP contribution in [0, 0.1) is 0 Å². The molecule has 98 valence electrons. The van der Waals surface area contributed by atoms with Gasteiger partial charge >= 0.3 is 6.03 Å². The number of likely N-dealkylation sites (tertiary alicyclic amines) is 1. The lowest BCUT2D eigenvalue weighted by molar-refractivity contribution is 0.133. The fourth-order valence-electron chi connectivity index (χ4n) is 2.07. The number of amides is 2. The molecule has 2 amide bonds. The Balaban J connectivity index is 2.55. The third-order valence-electron chi connectivity index (χ3n) is 3.09. The van der Waals surface area contributed by atoms with E-state index in [9.17, 15) is 4.79 Å². The molecular weight excluding hydrogens is 234 g/mol. The van der Waals surface area contributed by atoms with E-state index in [1.54, 1.807) is 0 Å². The maximum absolute atomic E-state index is 12.3. The average molecular weight is 257 g/mol. The molecule has 1 saturated heterocycles. The van der Waals surface area contributed by atoms with Gasteiger partial charge in [0.1, 0.15) is 0 Å². The molecule has 2 N–H and O–H groups in total. The van der Waals surface area contributed by atoms with Crippen molar-refractivity contribution in [1.82, 2.24) is 9.80 Å². The zero-order chi connectivity index (χ0) is 12.8. The molecule has 0 aromatic rings. The minimum Gasteiger partial charge on any atom is -0.393 e. The van der Waals surface area contributed by atoms with Gasteiger partial charge in [-0.2, -0.15) is 0 Å². The molecule has 0 spiro atoms. The Morgan fingerprint density at radius 3 is 2.41 bits per heavy atom. The number of thiocarbonyl (C=S) groups is 1. The lowest BCUT2D eigenvalue weighted by Gasteiger charge is -2.35. The Morgan fingerprint density at radius 2 is 1.94 bits per heavy atom. The quantitative estimate of drug-likeness (QED) is 0.783. The van der Waals surface area contributed by atoms with Crippen LogP contribution in [0.3, 0.4) is 0 Å². The predicted octanol–water partition coefficient (Wildman–Crippen LogP) is 1.98. The highest BCUT2D eigenvalue weighted by atomic mass is 32.1. The summed E-state index contributed by atoms with van der Waals surface area (Å²) in [4.78, 5) is 16.6. The van der Waals surface area contributed by atoms with Gasteiger partial charge in [-0.05, 0) is 33.1 Å². The second-order valence-corrected chi connectivity index (χ2v) is 5.36. The van der Waals surface area contributed by atoms with Crippen molar-refractivity contribution in [1.29, 1.82) is 0 Å². The molecule has 1 heterocycles. The van der Waals surface area contributed by atoms with Gasteiger partial charge in [-0.1, -0.05) is 12.2 Å². The first-order chi connectivity index (χ1) is 8.02. The Kier molecular flexibility index (Phi) is 5.68. The van der Waals surface area contributed by atoms with Gasteiger partial charge in [0.05, 0.1) is 4.99 Å². The van der Waals surface area contributed by atoms with E-state index in [4.69, 9.17) is 18.0 Å². The lowest BCUT2D eigenvalue weighted by Crippen LogP contribution is -2.49. The zero-order valence-corrected chi connectivity index (χ0v) is 11.6. The van der Waals surface area contributed by atoms with E-state index in [0.717, 1.165) is 25.9 Å². The lowest BCUT2D eigenvalue weighted by atomic mass is 10.1. The summed E-state index contributed by atoms with van der Waals surface area (Å²) in [6, 6.07) is 0.328. The van der Waals surface area contributed by atoms with Crippen molar-refractivity contribution in [3.05, 3.63) is 0 Å². The first-order valence-electron chi connectivity index (χ1n) is 6.36. The van der Waals surface area contributed by atoms with Gasteiger partial charge in [-0.25, -0.2) is 4.79 Å². The van der Waals surface area contributed by atoms with Crippen molar-refractivity contribution in [3.8, 4) is 0 Å². The van der Waals surface area contributed by atoms with Crippen molar-refractivity contribution in [3.63, 3.8) is 0 Å². The van der Waals surface area contributed by atoms with Gasteiger partial charge in [-0.15, -0.1) is 0 Å². The summed E-state index contributed by atoms with van der Waals surface area (Å²) in [7, 11) is 0. The largest absolute Gasteiger partial charge is 0.393 e. The van der Waals surface area contributed by atoms with Crippen LogP contribution in [0.15, 0.2) is 0 Å². The first-order valence-corrected chi connectivity index (χ1v) is 6.77. The molecular formula is C12H23N3OS. The topological polar surface area (TPSA) is 49.6 Å². The maximum atomic E-state index is 12.3. The summed E-state index contributed by atoms with van der Waals surface area (Å²) in [6.45, 7) is 6.45. The van der Waals surface area contributed by atoms with Crippen molar-refractivity contribution < 1.29 is 4.79 Å². The molecule has 0 aliphatic carbocycles. The average Bonchev–Trinajstić information content (AvgIpc) is 2.29. The van der Waals surface area contributed by atoms with Gasteiger partial charge in [0.25, 0.3) is 0 Å². The maximum Gasteiger partial charge on any atom is 0.320 e. The van der Waals surface area contributed by atoms with Gasteiger partial charge in [0.2, 0.25) is 0 Å². The Labute approximate surface area is 109 Å². The molecule has 0 bridgehead atoms. The normalized spacial score (nSPS) is 16.1. The molecule has 0 radical (unpaired) electrons. The molecule has 5 heteroatoms. The number of nitrogens with two attached hydrogens (primary N) is 1. The monoisotopic (exact) mass is 257 g/mol. The minimum atomic E-state index is 0.135. The first kappa shape index (κ1) is 14.2. The molecule has 1 aliphatic rings. The van der Waals surface area contributed by atoms with E-state index in [2.05, 4.69) is 0 Å². The zero-order valence-electron chi connectivity index (χ0n) is 10.8. The SMILES string of the molecule is CC(C)N(CCC(N)=S)C(=O)N1CCCCC1. The summed E-state index contributed by atoms with van der Waals surface area (Å²) >= 11 is 4.87. The molecule has 1 fully saturated rings. The molecule has 0 aromatic carbocycles. The van der Waals surface area contributed by atoms with E-state index < -0.39 is 0 Å². The molecule has 4 nitrogen and oxygen atoms in total. The van der Waals surface area contributed by atoms with Gasteiger partial charge < -0.3 is 15.5 Å². The van der Waals surface area contributed by atoms with E-state index in [1.807, 2.05) is 23.6 Å². The van der Waals surface area contributed by atoms with Crippen molar-refractivity contribution in [2.45, 2.75) is 45.6 Å². The van der Waals surface area contributed by atoms with Gasteiger partial charge in [0.15, 0.2) is 0 Å². The standard InChI is InChI=1S/C12H23N3OS/c1-10(2)15(9-6-11(13)17)12(16)14-7-4-3-5-8-14/h10H,3-9H2,1-2H3,(H2,13,17). The van der Waals surface area contributed by atoms with Crippen LogP contribution < -0.4 is 5.73 Å². The van der Waals surface area contributed by atoms with Crippen LogP contribution in [-0.2, 0) is 0 Å². The third kappa shape index (κ3) is 4.50. The molecule has 1 rings (SSSR count). The van der Waals surface area contributed by atoms with E-state index >= 15 is 0 Å². The van der Waals surface area contributed by atoms with Crippen LogP contribution in [0.2, 0.25) is 0 Å². The van der Waals surface area contributed by atoms with Gasteiger partial charge in [-0.3, -0.25) is 0 Å². The van der Waals surface area contributed by atoms with E-state index in [0.29, 0.717) is 18.0 Å². The molecule has 17 heavy (non-hydrogen) atoms. The van der Waals surface area contributed by atoms with Crippen LogP contribution >= 0.6 is 12.2 Å². The van der Waals surface area contributed by atoms with Crippen LogP contribution in [0.25, 0.3) is 0 Å². The Hall–Kier alpha value is -0.840. The van der Waals surface area contributed by atoms with E-state index in [1.165, 1.54) is 6.42 Å². The highest BCUT2D eigenvalue weighted by Gasteiger charge is 2.24. The van der Waals surface area contributed by atoms with Crippen molar-refractivity contribution in [2.75, 3.05) is 19.6 Å². The molecule has 0 atom stereocenters. The summed E-state index contributed by atoms with van der Waals surface area (Å²) in [5.74, 6) is 0.